The Bertz CT molecular complexity index is 1160. The number of benzene rings is 1. The second-order valence-corrected chi connectivity index (χ2v) is 8.76. The van der Waals surface area contributed by atoms with Gasteiger partial charge in [-0.05, 0) is 74.4 Å². The maximum atomic E-state index is 12.1. The molecule has 33 heavy (non-hydrogen) atoms. The quantitative estimate of drug-likeness (QED) is 0.392. The second-order valence-electron chi connectivity index (χ2n) is 8.38. The Labute approximate surface area is 200 Å². The molecule has 2 aromatic heterocycles. The monoisotopic (exact) mass is 462 g/mol. The van der Waals surface area contributed by atoms with Crippen LogP contribution >= 0.6 is 12.2 Å². The van der Waals surface area contributed by atoms with E-state index in [1.807, 2.05) is 36.5 Å². The van der Waals surface area contributed by atoms with E-state index in [0.717, 1.165) is 47.3 Å². The Morgan fingerprint density at radius 3 is 2.70 bits per heavy atom. The molecule has 1 N–H and O–H groups in total. The molecule has 3 heterocycles. The molecule has 0 amide bonds. The Morgan fingerprint density at radius 2 is 2.00 bits per heavy atom. The van der Waals surface area contributed by atoms with Crippen LogP contribution in [0.15, 0.2) is 54.7 Å². The van der Waals surface area contributed by atoms with E-state index in [4.69, 9.17) is 17.0 Å². The summed E-state index contributed by atoms with van der Waals surface area (Å²) in [5.74, 6) is -0.342. The molecule has 0 bridgehead atoms. The number of rotatable bonds is 7. The highest BCUT2D eigenvalue weighted by molar-refractivity contribution is 7.80. The van der Waals surface area contributed by atoms with E-state index < -0.39 is 0 Å². The number of carbonyl (C=O) groups is 1. The predicted octanol–water partition coefficient (Wildman–Crippen LogP) is 5.05. The van der Waals surface area contributed by atoms with Gasteiger partial charge in [0.15, 0.2) is 5.11 Å². The third-order valence-electron chi connectivity index (χ3n) is 6.26. The zero-order chi connectivity index (χ0) is 23.5. The summed E-state index contributed by atoms with van der Waals surface area (Å²) < 4.78 is 7.11. The zero-order valence-electron chi connectivity index (χ0n) is 19.5. The van der Waals surface area contributed by atoms with Crippen LogP contribution in [-0.4, -0.2) is 39.2 Å². The minimum atomic E-state index is -0.342. The summed E-state index contributed by atoms with van der Waals surface area (Å²) >= 11 is 5.77. The van der Waals surface area contributed by atoms with E-state index in [0.29, 0.717) is 5.56 Å². The van der Waals surface area contributed by atoms with Gasteiger partial charge in [0.25, 0.3) is 0 Å². The molecule has 7 heteroatoms. The Morgan fingerprint density at radius 1 is 1.18 bits per heavy atom. The molecule has 2 atom stereocenters. The number of aromatic nitrogens is 2. The molecule has 1 saturated heterocycles. The first kappa shape index (κ1) is 23.0. The number of unbranched alkanes of at least 4 members (excludes halogenated alkanes) is 1. The summed E-state index contributed by atoms with van der Waals surface area (Å²) in [6, 6.07) is 15.8. The zero-order valence-corrected chi connectivity index (χ0v) is 20.4. The third kappa shape index (κ3) is 4.37. The highest BCUT2D eigenvalue weighted by Crippen LogP contribution is 2.41. The van der Waals surface area contributed by atoms with Gasteiger partial charge in [0.2, 0.25) is 0 Å². The SMILES string of the molecule is CCCCN1C(=S)N[C@H](c2ccccn2)[C@@H]1c1cc(C)n(-c2cccc(C(=O)OC)c2)c1C. The molecule has 6 nitrogen and oxygen atoms in total. The number of esters is 1. The summed E-state index contributed by atoms with van der Waals surface area (Å²) in [6.45, 7) is 7.30. The Kier molecular flexibility index (Phi) is 6.79. The van der Waals surface area contributed by atoms with Gasteiger partial charge in [-0.25, -0.2) is 4.79 Å². The van der Waals surface area contributed by atoms with Crippen molar-refractivity contribution in [2.75, 3.05) is 13.7 Å². The number of aryl methyl sites for hydroxylation is 1. The van der Waals surface area contributed by atoms with Crippen LogP contribution in [0.25, 0.3) is 5.69 Å². The van der Waals surface area contributed by atoms with Gasteiger partial charge in [-0.15, -0.1) is 0 Å². The summed E-state index contributed by atoms with van der Waals surface area (Å²) in [7, 11) is 1.40. The Hall–Kier alpha value is -3.19. The number of carbonyl (C=O) groups excluding carboxylic acids is 1. The van der Waals surface area contributed by atoms with E-state index in [-0.39, 0.29) is 18.1 Å². The molecule has 3 aromatic rings. The first-order valence-corrected chi connectivity index (χ1v) is 11.7. The van der Waals surface area contributed by atoms with Crippen molar-refractivity contribution < 1.29 is 9.53 Å². The van der Waals surface area contributed by atoms with Crippen molar-refractivity contribution in [3.63, 3.8) is 0 Å². The molecule has 0 aliphatic carbocycles. The van der Waals surface area contributed by atoms with Gasteiger partial charge in [-0.3, -0.25) is 4.98 Å². The van der Waals surface area contributed by atoms with Crippen molar-refractivity contribution in [2.45, 2.75) is 45.7 Å². The normalized spacial score (nSPS) is 17.8. The molecule has 172 valence electrons. The first-order chi connectivity index (χ1) is 16.0. The number of methoxy groups -OCH3 is 1. The third-order valence-corrected chi connectivity index (χ3v) is 6.62. The van der Waals surface area contributed by atoms with Crippen molar-refractivity contribution in [1.82, 2.24) is 19.8 Å². The van der Waals surface area contributed by atoms with Crippen molar-refractivity contribution >= 4 is 23.3 Å². The highest BCUT2D eigenvalue weighted by atomic mass is 32.1. The molecular formula is C26H30N4O2S. The van der Waals surface area contributed by atoms with E-state index >= 15 is 0 Å². The van der Waals surface area contributed by atoms with Gasteiger partial charge in [-0.1, -0.05) is 25.5 Å². The van der Waals surface area contributed by atoms with E-state index in [1.165, 1.54) is 12.7 Å². The van der Waals surface area contributed by atoms with Crippen LogP contribution in [0, 0.1) is 13.8 Å². The fraction of sp³-hybridized carbons (Fsp3) is 0.346. The number of hydrogen-bond acceptors (Lipinski definition) is 4. The van der Waals surface area contributed by atoms with Crippen molar-refractivity contribution in [3.05, 3.63) is 82.9 Å². The molecule has 1 aliphatic rings. The van der Waals surface area contributed by atoms with Gasteiger partial charge < -0.3 is 19.5 Å². The highest BCUT2D eigenvalue weighted by Gasteiger charge is 2.41. The smallest absolute Gasteiger partial charge is 0.337 e. The number of pyridine rings is 1. The van der Waals surface area contributed by atoms with E-state index in [9.17, 15) is 4.79 Å². The number of thiocarbonyl (C=S) groups is 1. The van der Waals surface area contributed by atoms with E-state index in [1.54, 1.807) is 6.07 Å². The summed E-state index contributed by atoms with van der Waals surface area (Å²) in [6.07, 6.45) is 3.99. The van der Waals surface area contributed by atoms with Crippen molar-refractivity contribution in [3.8, 4) is 5.69 Å². The van der Waals surface area contributed by atoms with Crippen molar-refractivity contribution in [1.29, 1.82) is 0 Å². The molecule has 1 aliphatic heterocycles. The van der Waals surface area contributed by atoms with Gasteiger partial charge in [0.05, 0.1) is 30.5 Å². The first-order valence-electron chi connectivity index (χ1n) is 11.3. The molecule has 0 spiro atoms. The lowest BCUT2D eigenvalue weighted by molar-refractivity contribution is 0.0600. The summed E-state index contributed by atoms with van der Waals surface area (Å²) in [5.41, 5.74) is 5.85. The van der Waals surface area contributed by atoms with Crippen LogP contribution < -0.4 is 5.32 Å². The molecule has 1 aromatic carbocycles. The van der Waals surface area contributed by atoms with Crippen LogP contribution in [0.1, 0.15) is 64.9 Å². The number of ether oxygens (including phenoxy) is 1. The van der Waals surface area contributed by atoms with Crippen LogP contribution in [0.4, 0.5) is 0 Å². The maximum absolute atomic E-state index is 12.1. The van der Waals surface area contributed by atoms with Crippen molar-refractivity contribution in [2.24, 2.45) is 0 Å². The standard InChI is InChI=1S/C26H30N4O2S/c1-5-6-14-29-24(23(28-26(29)33)22-12-7-8-13-27-22)21-15-17(2)30(18(21)3)20-11-9-10-19(16-20)25(31)32-4/h7-13,15-16,23-24H,5-6,14H2,1-4H3,(H,28,33)/t23-,24+/m1/s1. The molecule has 0 unspecified atom stereocenters. The second kappa shape index (κ2) is 9.75. The minimum absolute atomic E-state index is 0.0303. The molecule has 4 rings (SSSR count). The topological polar surface area (TPSA) is 59.4 Å². The van der Waals surface area contributed by atoms with Crippen LogP contribution in [0.5, 0.6) is 0 Å². The molecule has 0 radical (unpaired) electrons. The van der Waals surface area contributed by atoms with Crippen LogP contribution in [0.3, 0.4) is 0 Å². The summed E-state index contributed by atoms with van der Waals surface area (Å²) in [5, 5.41) is 4.29. The number of nitrogens with zero attached hydrogens (tertiary/aromatic N) is 3. The lowest BCUT2D eigenvalue weighted by atomic mass is 9.96. The lowest BCUT2D eigenvalue weighted by Crippen LogP contribution is -2.30. The minimum Gasteiger partial charge on any atom is -0.465 e. The number of nitrogens with one attached hydrogen (secondary N) is 1. The molecule has 1 fully saturated rings. The van der Waals surface area contributed by atoms with Crippen LogP contribution in [0.2, 0.25) is 0 Å². The average molecular weight is 463 g/mol. The van der Waals surface area contributed by atoms with Gasteiger partial charge in [0, 0.05) is 29.8 Å². The van der Waals surface area contributed by atoms with Gasteiger partial charge >= 0.3 is 5.97 Å². The Balaban J connectivity index is 1.81. The largest absolute Gasteiger partial charge is 0.465 e. The van der Waals surface area contributed by atoms with Gasteiger partial charge in [0.1, 0.15) is 0 Å². The maximum Gasteiger partial charge on any atom is 0.337 e. The summed E-state index contributed by atoms with van der Waals surface area (Å²) in [4.78, 5) is 19.0. The molecular weight excluding hydrogens is 432 g/mol. The van der Waals surface area contributed by atoms with Gasteiger partial charge in [-0.2, -0.15) is 0 Å². The van der Waals surface area contributed by atoms with E-state index in [2.05, 4.69) is 52.7 Å². The average Bonchev–Trinajstić information content (AvgIpc) is 3.32. The fourth-order valence-corrected chi connectivity index (χ4v) is 5.02. The predicted molar refractivity (Wildman–Crippen MR) is 134 cm³/mol. The molecule has 0 saturated carbocycles. The van der Waals surface area contributed by atoms with Crippen LogP contribution in [-0.2, 0) is 4.74 Å². The number of hydrogen-bond donors (Lipinski definition) is 1. The fourth-order valence-electron chi connectivity index (χ4n) is 4.69. The lowest BCUT2D eigenvalue weighted by Gasteiger charge is -2.28.